The Labute approximate surface area is 173 Å². The fourth-order valence-electron chi connectivity index (χ4n) is 4.38. The van der Waals surface area contributed by atoms with Gasteiger partial charge in [0.1, 0.15) is 17.7 Å². The van der Waals surface area contributed by atoms with Crippen LogP contribution in [0.2, 0.25) is 0 Å². The van der Waals surface area contributed by atoms with Gasteiger partial charge in [-0.05, 0) is 48.9 Å². The van der Waals surface area contributed by atoms with E-state index in [2.05, 4.69) is 4.98 Å². The number of hydrogen-bond acceptors (Lipinski definition) is 6. The number of esters is 1. The SMILES string of the molecule is COC(=O)c1cccc(O[C@@H]2C[C@@H]3CN(C(=O)c4cncc(F)c4)C[C@@H]3C[C@H]2O)c1. The van der Waals surface area contributed by atoms with E-state index in [1.807, 2.05) is 0 Å². The van der Waals surface area contributed by atoms with Crippen molar-refractivity contribution in [3.05, 3.63) is 59.7 Å². The first-order chi connectivity index (χ1) is 14.4. The second kappa shape index (κ2) is 8.39. The summed E-state index contributed by atoms with van der Waals surface area (Å²) in [6.45, 7) is 1.04. The molecule has 2 heterocycles. The number of amides is 1. The molecule has 2 aliphatic rings. The first kappa shape index (κ1) is 20.3. The Kier molecular flexibility index (Phi) is 5.67. The van der Waals surface area contributed by atoms with E-state index in [1.54, 1.807) is 29.2 Å². The summed E-state index contributed by atoms with van der Waals surface area (Å²) in [4.78, 5) is 29.9. The van der Waals surface area contributed by atoms with Crippen LogP contribution >= 0.6 is 0 Å². The molecule has 1 aliphatic heterocycles. The van der Waals surface area contributed by atoms with Gasteiger partial charge in [-0.15, -0.1) is 0 Å². The van der Waals surface area contributed by atoms with Crippen molar-refractivity contribution < 1.29 is 28.6 Å². The average molecular weight is 414 g/mol. The Morgan fingerprint density at radius 3 is 2.63 bits per heavy atom. The molecule has 158 valence electrons. The van der Waals surface area contributed by atoms with Gasteiger partial charge in [0.15, 0.2) is 0 Å². The van der Waals surface area contributed by atoms with Crippen molar-refractivity contribution >= 4 is 11.9 Å². The molecule has 0 unspecified atom stereocenters. The van der Waals surface area contributed by atoms with Crippen LogP contribution in [0.5, 0.6) is 5.75 Å². The number of hydrogen-bond donors (Lipinski definition) is 1. The highest BCUT2D eigenvalue weighted by atomic mass is 19.1. The smallest absolute Gasteiger partial charge is 0.337 e. The number of pyridine rings is 1. The second-order valence-corrected chi connectivity index (χ2v) is 7.84. The number of fused-ring (bicyclic) bond motifs is 1. The van der Waals surface area contributed by atoms with Crippen molar-refractivity contribution in [1.82, 2.24) is 9.88 Å². The molecule has 1 aliphatic carbocycles. The number of rotatable bonds is 4. The molecule has 30 heavy (non-hydrogen) atoms. The van der Waals surface area contributed by atoms with Crippen LogP contribution in [0.4, 0.5) is 4.39 Å². The van der Waals surface area contributed by atoms with Gasteiger partial charge in [-0.2, -0.15) is 0 Å². The predicted octanol–water partition coefficient (Wildman–Crippen LogP) is 2.30. The van der Waals surface area contributed by atoms with E-state index in [-0.39, 0.29) is 23.3 Å². The highest BCUT2D eigenvalue weighted by molar-refractivity contribution is 5.94. The molecular formula is C22H23FN2O5. The highest BCUT2D eigenvalue weighted by Gasteiger charge is 2.44. The summed E-state index contributed by atoms with van der Waals surface area (Å²) < 4.78 is 24.1. The lowest BCUT2D eigenvalue weighted by Crippen LogP contribution is -2.42. The lowest BCUT2D eigenvalue weighted by Gasteiger charge is -2.35. The molecule has 0 radical (unpaired) electrons. The van der Waals surface area contributed by atoms with E-state index in [1.165, 1.54) is 19.4 Å². The zero-order valence-corrected chi connectivity index (χ0v) is 16.5. The zero-order valence-electron chi connectivity index (χ0n) is 16.5. The van der Waals surface area contributed by atoms with Crippen molar-refractivity contribution in [2.45, 2.75) is 25.0 Å². The van der Waals surface area contributed by atoms with E-state index >= 15 is 0 Å². The van der Waals surface area contributed by atoms with Gasteiger partial charge in [-0.25, -0.2) is 9.18 Å². The van der Waals surface area contributed by atoms with Gasteiger partial charge in [0, 0.05) is 19.3 Å². The third-order valence-electron chi connectivity index (χ3n) is 5.87. The van der Waals surface area contributed by atoms with Gasteiger partial charge in [-0.3, -0.25) is 9.78 Å². The Hall–Kier alpha value is -3.00. The number of carbonyl (C=O) groups excluding carboxylic acids is 2. The maximum atomic E-state index is 13.4. The maximum absolute atomic E-state index is 13.4. The number of methoxy groups -OCH3 is 1. The number of carbonyl (C=O) groups is 2. The summed E-state index contributed by atoms with van der Waals surface area (Å²) in [7, 11) is 1.31. The molecule has 4 rings (SSSR count). The minimum atomic E-state index is -0.682. The minimum absolute atomic E-state index is 0.159. The van der Waals surface area contributed by atoms with E-state index < -0.39 is 24.0 Å². The number of benzene rings is 1. The van der Waals surface area contributed by atoms with E-state index in [4.69, 9.17) is 9.47 Å². The second-order valence-electron chi connectivity index (χ2n) is 7.84. The van der Waals surface area contributed by atoms with Crippen molar-refractivity contribution in [3.8, 4) is 5.75 Å². The van der Waals surface area contributed by atoms with Crippen LogP contribution < -0.4 is 4.74 Å². The molecule has 2 fully saturated rings. The van der Waals surface area contributed by atoms with Crippen LogP contribution in [0, 0.1) is 17.7 Å². The summed E-state index contributed by atoms with van der Waals surface area (Å²) in [5.74, 6) is -0.442. The monoisotopic (exact) mass is 414 g/mol. The molecule has 1 aromatic heterocycles. The first-order valence-electron chi connectivity index (χ1n) is 9.87. The summed E-state index contributed by atoms with van der Waals surface area (Å²) in [6, 6.07) is 7.83. The molecule has 7 nitrogen and oxygen atoms in total. The van der Waals surface area contributed by atoms with Crippen LogP contribution in [0.1, 0.15) is 33.6 Å². The average Bonchev–Trinajstić information content (AvgIpc) is 3.15. The highest BCUT2D eigenvalue weighted by Crippen LogP contribution is 2.38. The van der Waals surface area contributed by atoms with E-state index in [0.29, 0.717) is 37.2 Å². The maximum Gasteiger partial charge on any atom is 0.337 e. The molecule has 8 heteroatoms. The number of halogens is 1. The molecular weight excluding hydrogens is 391 g/mol. The Bertz CT molecular complexity index is 953. The van der Waals surface area contributed by atoms with Crippen LogP contribution in [-0.4, -0.2) is 59.3 Å². The molecule has 4 atom stereocenters. The molecule has 1 aromatic carbocycles. The lowest BCUT2D eigenvalue weighted by molar-refractivity contribution is -0.0231. The molecule has 0 bridgehead atoms. The van der Waals surface area contributed by atoms with Gasteiger partial charge in [0.25, 0.3) is 5.91 Å². The first-order valence-corrected chi connectivity index (χ1v) is 9.87. The topological polar surface area (TPSA) is 89.0 Å². The zero-order chi connectivity index (χ0) is 21.3. The Morgan fingerprint density at radius 1 is 1.13 bits per heavy atom. The third-order valence-corrected chi connectivity index (χ3v) is 5.87. The standard InChI is InChI=1S/C22H23FN2O5/c1-29-22(28)13-3-2-4-18(6-13)30-20-8-16-12-25(11-15(16)7-19(20)26)21(27)14-5-17(23)10-24-9-14/h2-6,9-10,15-16,19-20,26H,7-8,11-12H2,1H3/t15-,16+,19+,20+/m0/s1. The normalized spacial score (nSPS) is 25.5. The number of likely N-dealkylation sites (tertiary alicyclic amines) is 1. The summed E-state index contributed by atoms with van der Waals surface area (Å²) in [6.07, 6.45) is 2.40. The van der Waals surface area contributed by atoms with Gasteiger partial charge < -0.3 is 19.5 Å². The fourth-order valence-corrected chi connectivity index (χ4v) is 4.38. The number of ether oxygens (including phenoxy) is 2. The van der Waals surface area contributed by atoms with Gasteiger partial charge in [0.05, 0.1) is 30.5 Å². The summed E-state index contributed by atoms with van der Waals surface area (Å²) >= 11 is 0. The molecule has 1 amide bonds. The molecule has 2 aromatic rings. The molecule has 0 spiro atoms. The molecule has 1 saturated heterocycles. The molecule has 1 N–H and O–H groups in total. The predicted molar refractivity (Wildman–Crippen MR) is 105 cm³/mol. The van der Waals surface area contributed by atoms with Crippen molar-refractivity contribution in [1.29, 1.82) is 0 Å². The van der Waals surface area contributed by atoms with E-state index in [0.717, 1.165) is 6.20 Å². The Balaban J connectivity index is 1.42. The number of aliphatic hydroxyl groups excluding tert-OH is 1. The Morgan fingerprint density at radius 2 is 1.90 bits per heavy atom. The summed E-state index contributed by atoms with van der Waals surface area (Å²) in [5.41, 5.74) is 0.598. The van der Waals surface area contributed by atoms with Crippen LogP contribution in [0.25, 0.3) is 0 Å². The van der Waals surface area contributed by atoms with Gasteiger partial charge in [0.2, 0.25) is 0 Å². The minimum Gasteiger partial charge on any atom is -0.488 e. The lowest BCUT2D eigenvalue weighted by atomic mass is 9.78. The summed E-state index contributed by atoms with van der Waals surface area (Å²) in [5, 5.41) is 10.6. The van der Waals surface area contributed by atoms with Crippen LogP contribution in [-0.2, 0) is 4.74 Å². The largest absolute Gasteiger partial charge is 0.488 e. The quantitative estimate of drug-likeness (QED) is 0.773. The van der Waals surface area contributed by atoms with Gasteiger partial charge >= 0.3 is 5.97 Å². The van der Waals surface area contributed by atoms with Crippen molar-refractivity contribution in [2.24, 2.45) is 11.8 Å². The number of aliphatic hydroxyl groups is 1. The number of aromatic nitrogens is 1. The number of nitrogens with zero attached hydrogens (tertiary/aromatic N) is 2. The van der Waals surface area contributed by atoms with Crippen LogP contribution in [0.3, 0.4) is 0 Å². The fraction of sp³-hybridized carbons (Fsp3) is 0.409. The van der Waals surface area contributed by atoms with Crippen molar-refractivity contribution in [3.63, 3.8) is 0 Å². The third kappa shape index (κ3) is 4.14. The van der Waals surface area contributed by atoms with E-state index in [9.17, 15) is 19.1 Å². The van der Waals surface area contributed by atoms with Gasteiger partial charge in [-0.1, -0.05) is 6.07 Å². The van der Waals surface area contributed by atoms with Crippen LogP contribution in [0.15, 0.2) is 42.7 Å². The molecule has 1 saturated carbocycles. The van der Waals surface area contributed by atoms with Crippen molar-refractivity contribution in [2.75, 3.05) is 20.2 Å².